The molecule has 1 saturated heterocycles. The molecule has 152 valence electrons. The monoisotopic (exact) mass is 474 g/mol. The fourth-order valence-corrected chi connectivity index (χ4v) is 6.47. The third kappa shape index (κ3) is 3.44. The highest BCUT2D eigenvalue weighted by Crippen LogP contribution is 2.50. The molecule has 2 heterocycles. The van der Waals surface area contributed by atoms with Gasteiger partial charge in [0.15, 0.2) is 0 Å². The van der Waals surface area contributed by atoms with Crippen LogP contribution in [0.4, 0.5) is 5.69 Å². The van der Waals surface area contributed by atoms with Crippen LogP contribution < -0.4 is 5.32 Å². The summed E-state index contributed by atoms with van der Waals surface area (Å²) in [7, 11) is -3.47. The Hall–Kier alpha value is -1.67. The predicted octanol–water partition coefficient (Wildman–Crippen LogP) is 4.30. The second-order valence-corrected chi connectivity index (χ2v) is 10.6. The van der Waals surface area contributed by atoms with E-state index >= 15 is 0 Å². The molecule has 3 aliphatic rings. The molecule has 0 unspecified atom stereocenters. The second kappa shape index (κ2) is 7.54. The summed E-state index contributed by atoms with van der Waals surface area (Å²) in [6, 6.07) is 13.9. The van der Waals surface area contributed by atoms with Gasteiger partial charge >= 0.3 is 0 Å². The molecule has 5 nitrogen and oxygen atoms in total. The summed E-state index contributed by atoms with van der Waals surface area (Å²) >= 11 is 3.59. The lowest BCUT2D eigenvalue weighted by Gasteiger charge is -2.37. The Balaban J connectivity index is 1.44. The van der Waals surface area contributed by atoms with Crippen molar-refractivity contribution in [3.05, 3.63) is 70.2 Å². The largest absolute Gasteiger partial charge is 0.379 e. The average molecular weight is 475 g/mol. The Kier molecular flexibility index (Phi) is 5.02. The van der Waals surface area contributed by atoms with E-state index in [1.807, 2.05) is 12.1 Å². The molecule has 0 aromatic heterocycles. The standard InChI is InChI=1S/C22H23BrN2O3S/c23-16-6-9-21-20(14-16)18-2-1-3-19(18)22(24-21)15-4-7-17(8-5-15)29(26,27)25-10-12-28-13-11-25/h1-2,4-9,14,18-19,22,24H,3,10-13H2/t18-,19+,22-/m0/s1. The summed E-state index contributed by atoms with van der Waals surface area (Å²) in [6.07, 6.45) is 5.58. The highest BCUT2D eigenvalue weighted by molar-refractivity contribution is 9.10. The maximum absolute atomic E-state index is 12.9. The number of ether oxygens (including phenoxy) is 1. The molecular formula is C22H23BrN2O3S. The summed E-state index contributed by atoms with van der Waals surface area (Å²) in [5.74, 6) is 0.809. The number of anilines is 1. The van der Waals surface area contributed by atoms with E-state index in [2.05, 4.69) is 51.6 Å². The predicted molar refractivity (Wildman–Crippen MR) is 117 cm³/mol. The van der Waals surface area contributed by atoms with Crippen molar-refractivity contribution >= 4 is 31.6 Å². The number of hydrogen-bond donors (Lipinski definition) is 1. The molecule has 2 aromatic carbocycles. The second-order valence-electron chi connectivity index (χ2n) is 7.79. The number of morpholine rings is 1. The van der Waals surface area contributed by atoms with Crippen molar-refractivity contribution in [2.24, 2.45) is 5.92 Å². The highest BCUT2D eigenvalue weighted by Gasteiger charge is 2.38. The van der Waals surface area contributed by atoms with Crippen LogP contribution in [0.2, 0.25) is 0 Å². The third-order valence-corrected chi connectivity index (χ3v) is 8.58. The van der Waals surface area contributed by atoms with Crippen molar-refractivity contribution in [1.82, 2.24) is 4.31 Å². The van der Waals surface area contributed by atoms with Gasteiger partial charge in [0.2, 0.25) is 10.0 Å². The Bertz CT molecular complexity index is 1050. The topological polar surface area (TPSA) is 58.6 Å². The van der Waals surface area contributed by atoms with Crippen molar-refractivity contribution in [2.75, 3.05) is 31.6 Å². The first-order valence-corrected chi connectivity index (χ1v) is 12.2. The van der Waals surface area contributed by atoms with Crippen molar-refractivity contribution in [1.29, 1.82) is 0 Å². The van der Waals surface area contributed by atoms with E-state index in [1.165, 1.54) is 9.87 Å². The van der Waals surface area contributed by atoms with Gasteiger partial charge in [-0.2, -0.15) is 4.31 Å². The molecule has 1 N–H and O–H groups in total. The van der Waals surface area contributed by atoms with Gasteiger partial charge in [-0.25, -0.2) is 8.42 Å². The van der Waals surface area contributed by atoms with E-state index in [0.717, 1.165) is 22.1 Å². The highest BCUT2D eigenvalue weighted by atomic mass is 79.9. The number of hydrogen-bond acceptors (Lipinski definition) is 4. The Labute approximate surface area is 179 Å². The maximum atomic E-state index is 12.9. The number of nitrogens with zero attached hydrogens (tertiary/aromatic N) is 1. The molecule has 29 heavy (non-hydrogen) atoms. The average Bonchev–Trinajstić information content (AvgIpc) is 3.24. The zero-order valence-electron chi connectivity index (χ0n) is 15.9. The third-order valence-electron chi connectivity index (χ3n) is 6.17. The molecule has 0 saturated carbocycles. The molecule has 3 atom stereocenters. The van der Waals surface area contributed by atoms with Crippen molar-refractivity contribution in [3.63, 3.8) is 0 Å². The summed E-state index contributed by atoms with van der Waals surface area (Å²) in [6.45, 7) is 1.73. The summed E-state index contributed by atoms with van der Waals surface area (Å²) in [5.41, 5.74) is 3.59. The van der Waals surface area contributed by atoms with Crippen LogP contribution in [0.1, 0.15) is 29.5 Å². The molecule has 0 bridgehead atoms. The number of allylic oxidation sites excluding steroid dienone is 2. The summed E-state index contributed by atoms with van der Waals surface area (Å²) < 4.78 is 33.7. The number of rotatable bonds is 3. The van der Waals surface area contributed by atoms with E-state index in [-0.39, 0.29) is 6.04 Å². The molecule has 0 spiro atoms. The molecule has 5 rings (SSSR count). The molecule has 2 aliphatic heterocycles. The van der Waals surface area contributed by atoms with Gasteiger partial charge in [0.05, 0.1) is 24.2 Å². The van der Waals surface area contributed by atoms with Crippen molar-refractivity contribution in [3.8, 4) is 0 Å². The minimum atomic E-state index is -3.47. The van der Waals surface area contributed by atoms with Crippen LogP contribution in [0.15, 0.2) is 64.0 Å². The Morgan fingerprint density at radius 2 is 1.83 bits per heavy atom. The Morgan fingerprint density at radius 3 is 2.59 bits per heavy atom. The van der Waals surface area contributed by atoms with Crippen LogP contribution in [-0.4, -0.2) is 39.0 Å². The van der Waals surface area contributed by atoms with Gasteiger partial charge in [0.1, 0.15) is 0 Å². The van der Waals surface area contributed by atoms with Gasteiger partial charge < -0.3 is 10.1 Å². The Morgan fingerprint density at radius 1 is 1.07 bits per heavy atom. The van der Waals surface area contributed by atoms with Gasteiger partial charge in [0.25, 0.3) is 0 Å². The first kappa shape index (κ1) is 19.3. The van der Waals surface area contributed by atoms with E-state index in [9.17, 15) is 8.42 Å². The molecule has 1 fully saturated rings. The van der Waals surface area contributed by atoms with Crippen LogP contribution in [0, 0.1) is 5.92 Å². The van der Waals surface area contributed by atoms with Crippen LogP contribution in [0.5, 0.6) is 0 Å². The van der Waals surface area contributed by atoms with Crippen LogP contribution >= 0.6 is 15.9 Å². The quantitative estimate of drug-likeness (QED) is 0.673. The van der Waals surface area contributed by atoms with Crippen molar-refractivity contribution in [2.45, 2.75) is 23.3 Å². The van der Waals surface area contributed by atoms with E-state index in [1.54, 1.807) is 12.1 Å². The number of sulfonamides is 1. The number of halogens is 1. The molecule has 1 aliphatic carbocycles. The van der Waals surface area contributed by atoms with Gasteiger partial charge in [-0.1, -0.05) is 40.2 Å². The van der Waals surface area contributed by atoms with E-state index in [4.69, 9.17) is 4.74 Å². The van der Waals surface area contributed by atoms with E-state index < -0.39 is 10.0 Å². The molecular weight excluding hydrogens is 452 g/mol. The van der Waals surface area contributed by atoms with E-state index in [0.29, 0.717) is 43.0 Å². The summed E-state index contributed by atoms with van der Waals surface area (Å²) in [5, 5.41) is 3.70. The summed E-state index contributed by atoms with van der Waals surface area (Å²) in [4.78, 5) is 0.351. The first-order chi connectivity index (χ1) is 14.0. The maximum Gasteiger partial charge on any atom is 0.243 e. The zero-order valence-corrected chi connectivity index (χ0v) is 18.3. The smallest absolute Gasteiger partial charge is 0.243 e. The van der Waals surface area contributed by atoms with Crippen LogP contribution in [-0.2, 0) is 14.8 Å². The van der Waals surface area contributed by atoms with Gasteiger partial charge in [-0.3, -0.25) is 0 Å². The fraction of sp³-hybridized carbons (Fsp3) is 0.364. The fourth-order valence-electron chi connectivity index (χ4n) is 4.68. The van der Waals surface area contributed by atoms with Crippen LogP contribution in [0.25, 0.3) is 0 Å². The first-order valence-electron chi connectivity index (χ1n) is 9.94. The van der Waals surface area contributed by atoms with Crippen LogP contribution in [0.3, 0.4) is 0 Å². The van der Waals surface area contributed by atoms with Gasteiger partial charge in [-0.15, -0.1) is 0 Å². The van der Waals surface area contributed by atoms with Crippen molar-refractivity contribution < 1.29 is 13.2 Å². The molecule has 0 radical (unpaired) electrons. The molecule has 7 heteroatoms. The van der Waals surface area contributed by atoms with Gasteiger partial charge in [-0.05, 0) is 53.8 Å². The minimum absolute atomic E-state index is 0.156. The molecule has 0 amide bonds. The number of benzene rings is 2. The lowest BCUT2D eigenvalue weighted by Crippen LogP contribution is -2.40. The molecule has 2 aromatic rings. The van der Waals surface area contributed by atoms with Gasteiger partial charge in [0, 0.05) is 29.2 Å². The lowest BCUT2D eigenvalue weighted by molar-refractivity contribution is 0.0730. The zero-order chi connectivity index (χ0) is 20.0. The SMILES string of the molecule is O=S(=O)(c1ccc([C@@H]2Nc3ccc(Br)cc3[C@H]3C=CC[C@H]32)cc1)N1CCOCC1. The number of fused-ring (bicyclic) bond motifs is 3. The lowest BCUT2D eigenvalue weighted by atomic mass is 9.77. The normalized spacial score (nSPS) is 26.6. The number of nitrogens with one attached hydrogen (secondary N) is 1. The minimum Gasteiger partial charge on any atom is -0.379 e.